The molecule has 0 radical (unpaired) electrons. The molecule has 0 aromatic heterocycles. The second kappa shape index (κ2) is 12.1. The monoisotopic (exact) mass is 492 g/mol. The third-order valence-electron chi connectivity index (χ3n) is 6.19. The summed E-state index contributed by atoms with van der Waals surface area (Å²) >= 11 is 0. The number of hydrogen-bond donors (Lipinski definition) is 9. The van der Waals surface area contributed by atoms with E-state index in [1.807, 2.05) is 0 Å². The Hall–Kier alpha value is -1.27. The number of hydrogen-bond acceptors (Lipinski definition) is 13. The second-order valence-electron chi connectivity index (χ2n) is 8.69. The van der Waals surface area contributed by atoms with Gasteiger partial charge in [0.05, 0.1) is 31.4 Å². The van der Waals surface area contributed by atoms with Gasteiger partial charge in [-0.05, 0) is 6.42 Å². The molecule has 1 aliphatic carbocycles. The molecular weight excluding hydrogens is 456 g/mol. The summed E-state index contributed by atoms with van der Waals surface area (Å²) in [7, 11) is 0. The van der Waals surface area contributed by atoms with Crippen molar-refractivity contribution in [1.82, 2.24) is 5.32 Å². The lowest BCUT2D eigenvalue weighted by Crippen LogP contribution is -2.66. The molecule has 3 rings (SSSR count). The molecule has 3 aliphatic rings. The Kier molecular flexibility index (Phi) is 9.74. The molecule has 0 aromatic rings. The zero-order valence-corrected chi connectivity index (χ0v) is 18.6. The summed E-state index contributed by atoms with van der Waals surface area (Å²) in [6.07, 6.45) is -7.24. The SMILES string of the molecule is NCC1C=CC(N)C(OC2C(N)CC(NC(=O)CCO)C(O)C2OC2OC(CO)C(O)C2O)O1. The third-order valence-corrected chi connectivity index (χ3v) is 6.19. The van der Waals surface area contributed by atoms with Gasteiger partial charge in [0.15, 0.2) is 12.6 Å². The van der Waals surface area contributed by atoms with E-state index in [1.165, 1.54) is 0 Å². The molecule has 1 amide bonds. The average molecular weight is 493 g/mol. The minimum Gasteiger partial charge on any atom is -0.396 e. The highest BCUT2D eigenvalue weighted by molar-refractivity contribution is 5.76. The zero-order chi connectivity index (χ0) is 25.0. The van der Waals surface area contributed by atoms with Gasteiger partial charge < -0.3 is 67.0 Å². The number of carbonyl (C=O) groups excluding carboxylic acids is 1. The number of carbonyl (C=O) groups is 1. The normalized spacial score (nSPS) is 44.8. The lowest BCUT2D eigenvalue weighted by molar-refractivity contribution is -0.279. The summed E-state index contributed by atoms with van der Waals surface area (Å²) < 4.78 is 23.0. The summed E-state index contributed by atoms with van der Waals surface area (Å²) in [5, 5.41) is 52.4. The zero-order valence-electron chi connectivity index (χ0n) is 18.6. The fourth-order valence-electron chi connectivity index (χ4n) is 4.29. The maximum absolute atomic E-state index is 12.0. The van der Waals surface area contributed by atoms with Gasteiger partial charge in [0.2, 0.25) is 5.91 Å². The van der Waals surface area contributed by atoms with E-state index in [-0.39, 0.29) is 26.0 Å². The van der Waals surface area contributed by atoms with Crippen molar-refractivity contribution in [2.24, 2.45) is 17.2 Å². The van der Waals surface area contributed by atoms with Crippen LogP contribution >= 0.6 is 0 Å². The molecule has 1 saturated carbocycles. The van der Waals surface area contributed by atoms with Gasteiger partial charge in [0, 0.05) is 19.0 Å². The summed E-state index contributed by atoms with van der Waals surface area (Å²) in [6.45, 7) is -0.756. The fraction of sp³-hybridized carbons (Fsp3) is 0.850. The summed E-state index contributed by atoms with van der Waals surface area (Å²) in [5.41, 5.74) is 18.1. The van der Waals surface area contributed by atoms with Crippen LogP contribution in [0.4, 0.5) is 0 Å². The van der Waals surface area contributed by atoms with Crippen molar-refractivity contribution in [1.29, 1.82) is 0 Å². The molecule has 34 heavy (non-hydrogen) atoms. The van der Waals surface area contributed by atoms with Gasteiger partial charge in [-0.15, -0.1) is 0 Å². The van der Waals surface area contributed by atoms with Gasteiger partial charge >= 0.3 is 0 Å². The first kappa shape index (κ1) is 27.3. The smallest absolute Gasteiger partial charge is 0.222 e. The van der Waals surface area contributed by atoms with Crippen molar-refractivity contribution in [2.45, 2.75) is 86.3 Å². The summed E-state index contributed by atoms with van der Waals surface area (Å²) in [6, 6.07) is -2.32. The van der Waals surface area contributed by atoms with Crippen LogP contribution in [-0.4, -0.2) is 125 Å². The van der Waals surface area contributed by atoms with Crippen LogP contribution in [0.5, 0.6) is 0 Å². The van der Waals surface area contributed by atoms with E-state index >= 15 is 0 Å². The minimum absolute atomic E-state index is 0.0942. The Morgan fingerprint density at radius 1 is 1.00 bits per heavy atom. The van der Waals surface area contributed by atoms with Gasteiger partial charge in [-0.2, -0.15) is 0 Å². The van der Waals surface area contributed by atoms with Crippen LogP contribution in [-0.2, 0) is 23.7 Å². The highest BCUT2D eigenvalue weighted by Gasteiger charge is 2.51. The first-order valence-electron chi connectivity index (χ1n) is 11.3. The molecule has 14 heteroatoms. The average Bonchev–Trinajstić information content (AvgIpc) is 3.08. The van der Waals surface area contributed by atoms with E-state index in [2.05, 4.69) is 5.32 Å². The predicted octanol–water partition coefficient (Wildman–Crippen LogP) is -5.28. The molecule has 12 N–H and O–H groups in total. The van der Waals surface area contributed by atoms with Gasteiger partial charge in [0.1, 0.15) is 36.6 Å². The van der Waals surface area contributed by atoms with Gasteiger partial charge in [-0.1, -0.05) is 12.2 Å². The molecule has 0 bridgehead atoms. The highest BCUT2D eigenvalue weighted by atomic mass is 16.7. The predicted molar refractivity (Wildman–Crippen MR) is 115 cm³/mol. The lowest BCUT2D eigenvalue weighted by Gasteiger charge is -2.46. The Labute approximate surface area is 196 Å². The number of rotatable bonds is 9. The topological polar surface area (TPSA) is 245 Å². The summed E-state index contributed by atoms with van der Waals surface area (Å²) in [4.78, 5) is 12.0. The van der Waals surface area contributed by atoms with Crippen LogP contribution < -0.4 is 22.5 Å². The van der Waals surface area contributed by atoms with Crippen LogP contribution in [0.2, 0.25) is 0 Å². The van der Waals surface area contributed by atoms with E-state index < -0.39 is 85.9 Å². The molecule has 0 aromatic carbocycles. The van der Waals surface area contributed by atoms with Crippen molar-refractivity contribution >= 4 is 5.91 Å². The van der Waals surface area contributed by atoms with Crippen molar-refractivity contribution < 1.29 is 49.3 Å². The van der Waals surface area contributed by atoms with Crippen molar-refractivity contribution in [3.63, 3.8) is 0 Å². The van der Waals surface area contributed by atoms with Gasteiger partial charge in [-0.3, -0.25) is 4.79 Å². The van der Waals surface area contributed by atoms with Crippen molar-refractivity contribution in [2.75, 3.05) is 19.8 Å². The van der Waals surface area contributed by atoms with Crippen molar-refractivity contribution in [3.8, 4) is 0 Å². The van der Waals surface area contributed by atoms with E-state index in [0.29, 0.717) is 0 Å². The largest absolute Gasteiger partial charge is 0.396 e. The molecule has 196 valence electrons. The van der Waals surface area contributed by atoms with E-state index in [0.717, 1.165) is 0 Å². The van der Waals surface area contributed by atoms with E-state index in [4.69, 9.17) is 41.3 Å². The van der Waals surface area contributed by atoms with Crippen LogP contribution in [0.3, 0.4) is 0 Å². The van der Waals surface area contributed by atoms with Crippen LogP contribution in [0.25, 0.3) is 0 Å². The molecule has 2 aliphatic heterocycles. The quantitative estimate of drug-likeness (QED) is 0.137. The molecule has 2 fully saturated rings. The van der Waals surface area contributed by atoms with E-state index in [9.17, 15) is 25.2 Å². The third kappa shape index (κ3) is 6.10. The van der Waals surface area contributed by atoms with Gasteiger partial charge in [-0.25, -0.2) is 0 Å². The number of nitrogens with one attached hydrogen (secondary N) is 1. The Morgan fingerprint density at radius 2 is 1.71 bits per heavy atom. The molecule has 1 saturated heterocycles. The lowest BCUT2D eigenvalue weighted by atomic mass is 9.83. The second-order valence-corrected chi connectivity index (χ2v) is 8.69. The highest BCUT2D eigenvalue weighted by Crippen LogP contribution is 2.31. The van der Waals surface area contributed by atoms with Crippen LogP contribution in [0.15, 0.2) is 12.2 Å². The minimum atomic E-state index is -1.52. The fourth-order valence-corrected chi connectivity index (χ4v) is 4.29. The maximum Gasteiger partial charge on any atom is 0.222 e. The summed E-state index contributed by atoms with van der Waals surface area (Å²) in [5.74, 6) is -0.502. The van der Waals surface area contributed by atoms with Crippen molar-refractivity contribution in [3.05, 3.63) is 12.2 Å². The van der Waals surface area contributed by atoms with Gasteiger partial charge in [0.25, 0.3) is 0 Å². The molecule has 0 spiro atoms. The number of amides is 1. The standard InChI is InChI=1S/C20H36N4O10/c21-6-8-1-2-9(22)19(31-8)33-17-10(23)5-11(24-13(27)3-4-25)14(28)18(17)34-20-16(30)15(29)12(7-26)32-20/h1-2,8-12,14-20,25-26,28-30H,3-7,21-23H2,(H,24,27). The Bertz CT molecular complexity index is 702. The number of aliphatic hydroxyl groups is 5. The molecule has 12 atom stereocenters. The first-order chi connectivity index (χ1) is 16.2. The Balaban J connectivity index is 1.80. The molecule has 12 unspecified atom stereocenters. The molecule has 14 nitrogen and oxygen atoms in total. The number of nitrogens with two attached hydrogens (primary N) is 3. The maximum atomic E-state index is 12.0. The van der Waals surface area contributed by atoms with E-state index in [1.54, 1.807) is 12.2 Å². The van der Waals surface area contributed by atoms with Crippen LogP contribution in [0.1, 0.15) is 12.8 Å². The first-order valence-corrected chi connectivity index (χ1v) is 11.3. The number of aliphatic hydroxyl groups excluding tert-OH is 5. The van der Waals surface area contributed by atoms with Crippen LogP contribution in [0, 0.1) is 0 Å². The molecule has 2 heterocycles. The number of ether oxygens (including phenoxy) is 4. The Morgan fingerprint density at radius 3 is 2.32 bits per heavy atom. The molecular formula is C20H36N4O10.